The van der Waals surface area contributed by atoms with E-state index >= 15 is 0 Å². The fraction of sp³-hybridized carbons (Fsp3) is 0.571. The number of halogens is 1. The summed E-state index contributed by atoms with van der Waals surface area (Å²) in [4.78, 5) is 4.81. The third kappa shape index (κ3) is 3.46. The summed E-state index contributed by atoms with van der Waals surface area (Å²) < 4.78 is 0.775. The molecule has 0 spiro atoms. The Morgan fingerprint density at radius 3 is 2.67 bits per heavy atom. The SMILES string of the molecule is CN1CCC(N(C)Cc2ccc(O)c(Br)c2)CC1. The molecule has 1 N–H and O–H groups in total. The molecular formula is C14H21BrN2O. The molecule has 0 atom stereocenters. The predicted octanol–water partition coefficient (Wildman–Crippen LogP) is 2.68. The summed E-state index contributed by atoms with van der Waals surface area (Å²) in [5.41, 5.74) is 1.24. The molecule has 1 heterocycles. The Morgan fingerprint density at radius 2 is 2.06 bits per heavy atom. The quantitative estimate of drug-likeness (QED) is 0.929. The van der Waals surface area contributed by atoms with Gasteiger partial charge in [0.2, 0.25) is 0 Å². The van der Waals surface area contributed by atoms with Crippen molar-refractivity contribution in [3.05, 3.63) is 28.2 Å². The van der Waals surface area contributed by atoms with Crippen LogP contribution in [-0.4, -0.2) is 48.1 Å². The van der Waals surface area contributed by atoms with Crippen molar-refractivity contribution in [2.75, 3.05) is 27.2 Å². The van der Waals surface area contributed by atoms with Gasteiger partial charge in [-0.25, -0.2) is 0 Å². The second kappa shape index (κ2) is 6.04. The van der Waals surface area contributed by atoms with Gasteiger partial charge in [0.25, 0.3) is 0 Å². The largest absolute Gasteiger partial charge is 0.507 e. The van der Waals surface area contributed by atoms with Crippen LogP contribution in [0.5, 0.6) is 5.75 Å². The topological polar surface area (TPSA) is 26.7 Å². The Labute approximate surface area is 118 Å². The normalized spacial score (nSPS) is 18.4. The van der Waals surface area contributed by atoms with E-state index in [1.54, 1.807) is 6.07 Å². The average molecular weight is 313 g/mol. The molecule has 1 aromatic carbocycles. The van der Waals surface area contributed by atoms with Crippen molar-refractivity contribution in [2.45, 2.75) is 25.4 Å². The molecule has 18 heavy (non-hydrogen) atoms. The molecule has 0 bridgehead atoms. The molecule has 0 aromatic heterocycles. The molecule has 0 radical (unpaired) electrons. The molecule has 0 amide bonds. The Balaban J connectivity index is 1.94. The lowest BCUT2D eigenvalue weighted by Crippen LogP contribution is -2.41. The Bertz CT molecular complexity index is 403. The van der Waals surface area contributed by atoms with Gasteiger partial charge in [-0.2, -0.15) is 0 Å². The fourth-order valence-corrected chi connectivity index (χ4v) is 2.93. The number of hydrogen-bond acceptors (Lipinski definition) is 3. The molecule has 2 rings (SSSR count). The zero-order valence-corrected chi connectivity index (χ0v) is 12.7. The maximum absolute atomic E-state index is 9.49. The molecule has 0 aliphatic carbocycles. The van der Waals surface area contributed by atoms with Crippen LogP contribution in [0.25, 0.3) is 0 Å². The van der Waals surface area contributed by atoms with Crippen molar-refractivity contribution < 1.29 is 5.11 Å². The highest BCUT2D eigenvalue weighted by atomic mass is 79.9. The zero-order chi connectivity index (χ0) is 13.1. The summed E-state index contributed by atoms with van der Waals surface area (Å²) in [5, 5.41) is 9.49. The lowest BCUT2D eigenvalue weighted by atomic mass is 10.0. The van der Waals surface area contributed by atoms with Crippen LogP contribution in [0.15, 0.2) is 22.7 Å². The first-order valence-corrected chi connectivity index (χ1v) is 7.21. The van der Waals surface area contributed by atoms with Crippen LogP contribution in [-0.2, 0) is 6.54 Å². The number of nitrogens with zero attached hydrogens (tertiary/aromatic N) is 2. The van der Waals surface area contributed by atoms with Gasteiger partial charge in [-0.15, -0.1) is 0 Å². The van der Waals surface area contributed by atoms with Gasteiger partial charge >= 0.3 is 0 Å². The van der Waals surface area contributed by atoms with Crippen molar-refractivity contribution in [1.82, 2.24) is 9.80 Å². The highest BCUT2D eigenvalue weighted by Crippen LogP contribution is 2.25. The first-order chi connectivity index (χ1) is 8.56. The highest BCUT2D eigenvalue weighted by Gasteiger charge is 2.20. The molecule has 1 saturated heterocycles. The number of phenols is 1. The van der Waals surface area contributed by atoms with Gasteiger partial charge in [0.05, 0.1) is 4.47 Å². The number of piperidine rings is 1. The van der Waals surface area contributed by atoms with Crippen molar-refractivity contribution in [3.63, 3.8) is 0 Å². The van der Waals surface area contributed by atoms with E-state index in [4.69, 9.17) is 0 Å². The molecule has 1 aliphatic heterocycles. The number of benzene rings is 1. The smallest absolute Gasteiger partial charge is 0.129 e. The van der Waals surface area contributed by atoms with Crippen LogP contribution < -0.4 is 0 Å². The molecule has 1 fully saturated rings. The van der Waals surface area contributed by atoms with E-state index in [-0.39, 0.29) is 0 Å². The van der Waals surface area contributed by atoms with E-state index in [9.17, 15) is 5.11 Å². The van der Waals surface area contributed by atoms with Crippen LogP contribution in [0, 0.1) is 0 Å². The molecule has 100 valence electrons. The lowest BCUT2D eigenvalue weighted by Gasteiger charge is -2.35. The van der Waals surface area contributed by atoms with Crippen LogP contribution in [0.2, 0.25) is 0 Å². The second-order valence-electron chi connectivity index (χ2n) is 5.24. The Morgan fingerprint density at radius 1 is 1.39 bits per heavy atom. The minimum atomic E-state index is 0.306. The van der Waals surface area contributed by atoms with E-state index in [0.29, 0.717) is 11.8 Å². The monoisotopic (exact) mass is 312 g/mol. The summed E-state index contributed by atoms with van der Waals surface area (Å²) >= 11 is 3.36. The van der Waals surface area contributed by atoms with Crippen molar-refractivity contribution >= 4 is 15.9 Å². The van der Waals surface area contributed by atoms with E-state index < -0.39 is 0 Å². The molecule has 3 nitrogen and oxygen atoms in total. The van der Waals surface area contributed by atoms with E-state index in [1.807, 2.05) is 12.1 Å². The van der Waals surface area contributed by atoms with Crippen molar-refractivity contribution in [1.29, 1.82) is 0 Å². The predicted molar refractivity (Wildman–Crippen MR) is 77.8 cm³/mol. The molecule has 0 unspecified atom stereocenters. The van der Waals surface area contributed by atoms with Gasteiger partial charge in [-0.05, 0) is 73.7 Å². The number of phenolic OH excluding ortho intramolecular Hbond substituents is 1. The van der Waals surface area contributed by atoms with Gasteiger partial charge in [0.1, 0.15) is 5.75 Å². The third-order valence-corrected chi connectivity index (χ3v) is 4.39. The molecule has 0 saturated carbocycles. The van der Waals surface area contributed by atoms with Crippen LogP contribution in [0.1, 0.15) is 18.4 Å². The van der Waals surface area contributed by atoms with E-state index in [0.717, 1.165) is 11.0 Å². The zero-order valence-electron chi connectivity index (χ0n) is 11.1. The number of aromatic hydroxyl groups is 1. The molecular weight excluding hydrogens is 292 g/mol. The Kier molecular flexibility index (Phi) is 4.65. The van der Waals surface area contributed by atoms with Crippen molar-refractivity contribution in [3.8, 4) is 5.75 Å². The Hall–Kier alpha value is -0.580. The van der Waals surface area contributed by atoms with Gasteiger partial charge in [0, 0.05) is 12.6 Å². The van der Waals surface area contributed by atoms with Crippen molar-refractivity contribution in [2.24, 2.45) is 0 Å². The maximum Gasteiger partial charge on any atom is 0.129 e. The van der Waals surface area contributed by atoms with Gasteiger partial charge in [-0.3, -0.25) is 4.90 Å². The minimum absolute atomic E-state index is 0.306. The minimum Gasteiger partial charge on any atom is -0.507 e. The third-order valence-electron chi connectivity index (χ3n) is 3.76. The lowest BCUT2D eigenvalue weighted by molar-refractivity contribution is 0.139. The number of likely N-dealkylation sites (tertiary alicyclic amines) is 1. The van der Waals surface area contributed by atoms with Gasteiger partial charge in [0.15, 0.2) is 0 Å². The molecule has 1 aliphatic rings. The van der Waals surface area contributed by atoms with Crippen LogP contribution in [0.3, 0.4) is 0 Å². The van der Waals surface area contributed by atoms with Gasteiger partial charge in [-0.1, -0.05) is 6.07 Å². The average Bonchev–Trinajstić information content (AvgIpc) is 2.34. The van der Waals surface area contributed by atoms with E-state index in [1.165, 1.54) is 31.5 Å². The first kappa shape index (κ1) is 13.8. The summed E-state index contributed by atoms with van der Waals surface area (Å²) in [5.74, 6) is 0.306. The molecule has 1 aromatic rings. The highest BCUT2D eigenvalue weighted by molar-refractivity contribution is 9.10. The van der Waals surface area contributed by atoms with Crippen LogP contribution in [0.4, 0.5) is 0 Å². The number of hydrogen-bond donors (Lipinski definition) is 1. The summed E-state index contributed by atoms with van der Waals surface area (Å²) in [6.07, 6.45) is 2.48. The summed E-state index contributed by atoms with van der Waals surface area (Å²) in [6.45, 7) is 3.32. The van der Waals surface area contributed by atoms with E-state index in [2.05, 4.69) is 39.8 Å². The van der Waals surface area contributed by atoms with Crippen LogP contribution >= 0.6 is 15.9 Å². The van der Waals surface area contributed by atoms with Gasteiger partial charge < -0.3 is 10.0 Å². The fourth-order valence-electron chi connectivity index (χ4n) is 2.50. The summed E-state index contributed by atoms with van der Waals surface area (Å²) in [7, 11) is 4.38. The summed E-state index contributed by atoms with van der Waals surface area (Å²) in [6, 6.07) is 6.42. The number of rotatable bonds is 3. The maximum atomic E-state index is 9.49. The standard InChI is InChI=1S/C14H21BrN2O/c1-16-7-5-12(6-8-16)17(2)10-11-3-4-14(18)13(15)9-11/h3-4,9,12,18H,5-8,10H2,1-2H3. The first-order valence-electron chi connectivity index (χ1n) is 6.42. The second-order valence-corrected chi connectivity index (χ2v) is 6.09. The molecule has 4 heteroatoms.